The van der Waals surface area contributed by atoms with Crippen LogP contribution in [0.2, 0.25) is 0 Å². The molecular formula is C17H16BrN3O. The van der Waals surface area contributed by atoms with Gasteiger partial charge in [-0.2, -0.15) is 0 Å². The average Bonchev–Trinajstić information content (AvgIpc) is 2.99. The molecule has 112 valence electrons. The third kappa shape index (κ3) is 2.62. The molecule has 1 fully saturated rings. The maximum Gasteiger partial charge on any atom is 0.138 e. The normalized spacial score (nSPS) is 15.4. The fourth-order valence-electron chi connectivity index (χ4n) is 2.76. The largest absolute Gasteiger partial charge is 0.378 e. The molecule has 1 aliphatic heterocycles. The number of ether oxygens (including phenoxy) is 1. The number of hydrogen-bond acceptors (Lipinski definition) is 3. The number of anilines is 1. The summed E-state index contributed by atoms with van der Waals surface area (Å²) in [7, 11) is 0. The first kappa shape index (κ1) is 13.8. The van der Waals surface area contributed by atoms with Crippen LogP contribution in [0.1, 0.15) is 0 Å². The van der Waals surface area contributed by atoms with Crippen molar-refractivity contribution in [1.29, 1.82) is 0 Å². The van der Waals surface area contributed by atoms with Gasteiger partial charge in [0.25, 0.3) is 0 Å². The van der Waals surface area contributed by atoms with Crippen LogP contribution in [-0.4, -0.2) is 35.7 Å². The van der Waals surface area contributed by atoms with Gasteiger partial charge in [-0.25, -0.2) is 4.98 Å². The minimum atomic E-state index is 0.809. The summed E-state index contributed by atoms with van der Waals surface area (Å²) in [5.74, 6) is 0. The molecule has 0 amide bonds. The fourth-order valence-corrected chi connectivity index (χ4v) is 3.08. The zero-order chi connectivity index (χ0) is 14.9. The summed E-state index contributed by atoms with van der Waals surface area (Å²) >= 11 is 3.48. The molecule has 2 aromatic heterocycles. The fraction of sp³-hybridized carbons (Fsp3) is 0.235. The van der Waals surface area contributed by atoms with Crippen LogP contribution in [0.15, 0.2) is 53.3 Å². The van der Waals surface area contributed by atoms with Crippen LogP contribution in [0.4, 0.5) is 5.69 Å². The summed E-state index contributed by atoms with van der Waals surface area (Å²) in [5, 5.41) is 0. The van der Waals surface area contributed by atoms with E-state index in [2.05, 4.69) is 56.3 Å². The van der Waals surface area contributed by atoms with Gasteiger partial charge in [0.2, 0.25) is 0 Å². The number of aromatic nitrogens is 2. The number of morpholine rings is 1. The highest BCUT2D eigenvalue weighted by Crippen LogP contribution is 2.24. The van der Waals surface area contributed by atoms with Crippen molar-refractivity contribution in [3.63, 3.8) is 0 Å². The summed E-state index contributed by atoms with van der Waals surface area (Å²) in [6.07, 6.45) is 4.07. The predicted molar refractivity (Wildman–Crippen MR) is 91.4 cm³/mol. The third-order valence-corrected chi connectivity index (χ3v) is 4.45. The molecule has 1 aromatic carbocycles. The monoisotopic (exact) mass is 357 g/mol. The molecule has 5 heteroatoms. The lowest BCUT2D eigenvalue weighted by atomic mass is 10.1. The van der Waals surface area contributed by atoms with E-state index in [-0.39, 0.29) is 0 Å². The molecule has 1 saturated heterocycles. The zero-order valence-electron chi connectivity index (χ0n) is 12.1. The molecule has 0 atom stereocenters. The van der Waals surface area contributed by atoms with Gasteiger partial charge in [0, 0.05) is 41.2 Å². The van der Waals surface area contributed by atoms with E-state index >= 15 is 0 Å². The Bertz CT molecular complexity index is 791. The van der Waals surface area contributed by atoms with Gasteiger partial charge in [-0.3, -0.25) is 0 Å². The van der Waals surface area contributed by atoms with E-state index in [4.69, 9.17) is 4.74 Å². The van der Waals surface area contributed by atoms with E-state index in [9.17, 15) is 0 Å². The second-order valence-corrected chi connectivity index (χ2v) is 6.30. The number of imidazole rings is 1. The van der Waals surface area contributed by atoms with E-state index in [1.54, 1.807) is 0 Å². The van der Waals surface area contributed by atoms with E-state index in [0.717, 1.165) is 47.7 Å². The molecular weight excluding hydrogens is 342 g/mol. The summed E-state index contributed by atoms with van der Waals surface area (Å²) in [6, 6.07) is 12.6. The smallest absolute Gasteiger partial charge is 0.138 e. The van der Waals surface area contributed by atoms with Crippen molar-refractivity contribution >= 4 is 27.3 Å². The molecule has 0 spiro atoms. The lowest BCUT2D eigenvalue weighted by Gasteiger charge is -2.28. The zero-order valence-corrected chi connectivity index (χ0v) is 13.7. The number of pyridine rings is 1. The van der Waals surface area contributed by atoms with Crippen molar-refractivity contribution < 1.29 is 4.74 Å². The number of benzene rings is 1. The Morgan fingerprint density at radius 3 is 2.59 bits per heavy atom. The number of rotatable bonds is 2. The molecule has 1 aliphatic rings. The van der Waals surface area contributed by atoms with Crippen molar-refractivity contribution in [3.05, 3.63) is 53.3 Å². The second-order valence-electron chi connectivity index (χ2n) is 5.38. The van der Waals surface area contributed by atoms with Crippen molar-refractivity contribution in [3.8, 4) is 11.3 Å². The Morgan fingerprint density at radius 1 is 1.05 bits per heavy atom. The minimum absolute atomic E-state index is 0.809. The quantitative estimate of drug-likeness (QED) is 0.701. The first-order valence-electron chi connectivity index (χ1n) is 7.37. The Morgan fingerprint density at radius 2 is 1.82 bits per heavy atom. The van der Waals surface area contributed by atoms with Gasteiger partial charge >= 0.3 is 0 Å². The summed E-state index contributed by atoms with van der Waals surface area (Å²) in [5.41, 5.74) is 4.32. The third-order valence-electron chi connectivity index (χ3n) is 3.96. The van der Waals surface area contributed by atoms with Crippen molar-refractivity contribution in [1.82, 2.24) is 9.38 Å². The maximum absolute atomic E-state index is 5.40. The summed E-state index contributed by atoms with van der Waals surface area (Å²) < 4.78 is 8.48. The van der Waals surface area contributed by atoms with Crippen LogP contribution in [0.3, 0.4) is 0 Å². The summed E-state index contributed by atoms with van der Waals surface area (Å²) in [6.45, 7) is 3.54. The number of hydrogen-bond donors (Lipinski definition) is 0. The highest BCUT2D eigenvalue weighted by atomic mass is 79.9. The van der Waals surface area contributed by atoms with Crippen molar-refractivity contribution in [2.75, 3.05) is 31.2 Å². The number of fused-ring (bicyclic) bond motifs is 1. The lowest BCUT2D eigenvalue weighted by Crippen LogP contribution is -2.36. The van der Waals surface area contributed by atoms with Gasteiger partial charge in [-0.05, 0) is 24.3 Å². The molecule has 4 rings (SSSR count). The lowest BCUT2D eigenvalue weighted by molar-refractivity contribution is 0.122. The van der Waals surface area contributed by atoms with Crippen LogP contribution >= 0.6 is 15.9 Å². The van der Waals surface area contributed by atoms with Crippen LogP contribution in [0.5, 0.6) is 0 Å². The molecule has 4 nitrogen and oxygen atoms in total. The standard InChI is InChI=1S/C17H16BrN3O/c18-14-5-6-21-12-16(19-17(21)11-14)13-1-3-15(4-2-13)20-7-9-22-10-8-20/h1-6,11-12H,7-10H2. The van der Waals surface area contributed by atoms with E-state index in [1.807, 2.05) is 22.7 Å². The highest BCUT2D eigenvalue weighted by Gasteiger charge is 2.11. The summed E-state index contributed by atoms with van der Waals surface area (Å²) in [4.78, 5) is 7.04. The molecule has 0 radical (unpaired) electrons. The van der Waals surface area contributed by atoms with Crippen molar-refractivity contribution in [2.24, 2.45) is 0 Å². The van der Waals surface area contributed by atoms with Gasteiger partial charge < -0.3 is 14.0 Å². The van der Waals surface area contributed by atoms with E-state index < -0.39 is 0 Å². The van der Waals surface area contributed by atoms with E-state index in [1.165, 1.54) is 5.69 Å². The van der Waals surface area contributed by atoms with Crippen molar-refractivity contribution in [2.45, 2.75) is 0 Å². The van der Waals surface area contributed by atoms with Crippen LogP contribution < -0.4 is 4.90 Å². The topological polar surface area (TPSA) is 29.8 Å². The first-order chi connectivity index (χ1) is 10.8. The predicted octanol–water partition coefficient (Wildman–Crippen LogP) is 3.60. The van der Waals surface area contributed by atoms with Gasteiger partial charge in [0.15, 0.2) is 0 Å². The highest BCUT2D eigenvalue weighted by molar-refractivity contribution is 9.10. The molecule has 0 saturated carbocycles. The van der Waals surface area contributed by atoms with Crippen LogP contribution in [-0.2, 0) is 4.74 Å². The molecule has 0 aliphatic carbocycles. The molecule has 0 bridgehead atoms. The van der Waals surface area contributed by atoms with Gasteiger partial charge in [-0.1, -0.05) is 28.1 Å². The second kappa shape index (κ2) is 5.74. The molecule has 0 unspecified atom stereocenters. The van der Waals surface area contributed by atoms with Crippen LogP contribution in [0.25, 0.3) is 16.9 Å². The Balaban J connectivity index is 1.63. The molecule has 0 N–H and O–H groups in total. The SMILES string of the molecule is Brc1ccn2cc(-c3ccc(N4CCOCC4)cc3)nc2c1. The first-order valence-corrected chi connectivity index (χ1v) is 8.16. The molecule has 22 heavy (non-hydrogen) atoms. The Labute approximate surface area is 137 Å². The van der Waals surface area contributed by atoms with E-state index in [0.29, 0.717) is 0 Å². The number of halogens is 1. The molecule has 3 aromatic rings. The minimum Gasteiger partial charge on any atom is -0.378 e. The Hall–Kier alpha value is -1.85. The average molecular weight is 358 g/mol. The number of nitrogens with zero attached hydrogens (tertiary/aromatic N) is 3. The van der Waals surface area contributed by atoms with Gasteiger partial charge in [0.1, 0.15) is 5.65 Å². The van der Waals surface area contributed by atoms with Crippen LogP contribution in [0, 0.1) is 0 Å². The molecule has 3 heterocycles. The Kier molecular flexibility index (Phi) is 3.60. The maximum atomic E-state index is 5.40. The van der Waals surface area contributed by atoms with Gasteiger partial charge in [-0.15, -0.1) is 0 Å². The van der Waals surface area contributed by atoms with Gasteiger partial charge in [0.05, 0.1) is 18.9 Å².